The van der Waals surface area contributed by atoms with Gasteiger partial charge in [0.1, 0.15) is 5.75 Å². The maximum atomic E-state index is 11.8. The van der Waals surface area contributed by atoms with Gasteiger partial charge in [-0.3, -0.25) is 4.79 Å². The van der Waals surface area contributed by atoms with Crippen molar-refractivity contribution < 1.29 is 14.3 Å². The highest BCUT2D eigenvalue weighted by Crippen LogP contribution is 2.23. The largest absolute Gasteiger partial charge is 0.494 e. The van der Waals surface area contributed by atoms with E-state index < -0.39 is 0 Å². The Morgan fingerprint density at radius 2 is 2.04 bits per heavy atom. The van der Waals surface area contributed by atoms with Crippen LogP contribution in [0.4, 0.5) is 5.69 Å². The van der Waals surface area contributed by atoms with Gasteiger partial charge in [-0.25, -0.2) is 4.99 Å². The van der Waals surface area contributed by atoms with Crippen LogP contribution in [-0.2, 0) is 9.53 Å². The Morgan fingerprint density at radius 3 is 2.84 bits per heavy atom. The number of hydrogen-bond donors (Lipinski definition) is 0. The van der Waals surface area contributed by atoms with E-state index in [2.05, 4.69) is 11.9 Å². The summed E-state index contributed by atoms with van der Waals surface area (Å²) in [6, 6.07) is 7.93. The number of aliphatic imine (C=N–C) groups is 1. The van der Waals surface area contributed by atoms with Gasteiger partial charge in [-0.2, -0.15) is 0 Å². The third-order valence-electron chi connectivity index (χ3n) is 3.88. The quantitative estimate of drug-likeness (QED) is 0.457. The summed E-state index contributed by atoms with van der Waals surface area (Å²) in [7, 11) is 0. The van der Waals surface area contributed by atoms with Gasteiger partial charge in [0.25, 0.3) is 0 Å². The number of rotatable bonds is 10. The molecule has 0 saturated heterocycles. The zero-order valence-electron chi connectivity index (χ0n) is 15.2. The fourth-order valence-corrected chi connectivity index (χ4v) is 2.45. The number of unbranched alkanes of at least 4 members (excludes halogenated alkanes) is 3. The first kappa shape index (κ1) is 19.0. The number of esters is 1. The third-order valence-corrected chi connectivity index (χ3v) is 3.88. The van der Waals surface area contributed by atoms with Crippen molar-refractivity contribution in [1.29, 1.82) is 0 Å². The standard InChI is InChI=1S/C20H28N2O3/c1-3-5-7-14-24-18-10-8-9-17(15-18)22-13-12-21-19(16-22)25-20(23)11-6-4-2/h8-10,12,15-16H,3-7,11,13-14H2,1-2H3. The van der Waals surface area contributed by atoms with Crippen molar-refractivity contribution >= 4 is 17.9 Å². The molecule has 1 aromatic rings. The average molecular weight is 344 g/mol. The first-order valence-corrected chi connectivity index (χ1v) is 9.17. The molecular weight excluding hydrogens is 316 g/mol. The second-order valence-electron chi connectivity index (χ2n) is 6.06. The fourth-order valence-electron chi connectivity index (χ4n) is 2.45. The van der Waals surface area contributed by atoms with E-state index in [1.165, 1.54) is 12.8 Å². The number of anilines is 1. The Hall–Kier alpha value is -2.30. The number of carbonyl (C=O) groups excluding carboxylic acids is 1. The summed E-state index contributed by atoms with van der Waals surface area (Å²) >= 11 is 0. The van der Waals surface area contributed by atoms with Crippen molar-refractivity contribution in [2.24, 2.45) is 4.99 Å². The van der Waals surface area contributed by atoms with Crippen molar-refractivity contribution in [3.05, 3.63) is 36.3 Å². The lowest BCUT2D eigenvalue weighted by Gasteiger charge is -2.22. The van der Waals surface area contributed by atoms with Crippen molar-refractivity contribution in [2.45, 2.75) is 52.4 Å². The zero-order chi connectivity index (χ0) is 17.9. The molecule has 1 aliphatic heterocycles. The molecule has 5 heteroatoms. The van der Waals surface area contributed by atoms with Crippen molar-refractivity contribution in [3.63, 3.8) is 0 Å². The van der Waals surface area contributed by atoms with Crippen molar-refractivity contribution in [2.75, 3.05) is 18.1 Å². The normalized spacial score (nSPS) is 13.5. The molecule has 136 valence electrons. The summed E-state index contributed by atoms with van der Waals surface area (Å²) in [4.78, 5) is 17.9. The molecule has 25 heavy (non-hydrogen) atoms. The van der Waals surface area contributed by atoms with Crippen LogP contribution in [0.2, 0.25) is 0 Å². The molecule has 0 saturated carbocycles. The summed E-state index contributed by atoms with van der Waals surface area (Å²) in [5, 5.41) is 0. The summed E-state index contributed by atoms with van der Waals surface area (Å²) in [5.41, 5.74) is 0.987. The second kappa shape index (κ2) is 10.5. The predicted molar refractivity (Wildman–Crippen MR) is 101 cm³/mol. The van der Waals surface area contributed by atoms with Gasteiger partial charge in [0, 0.05) is 24.4 Å². The van der Waals surface area contributed by atoms with Gasteiger partial charge in [0.15, 0.2) is 0 Å². The molecule has 2 rings (SSSR count). The molecule has 0 radical (unpaired) electrons. The Labute approximate surface area is 150 Å². The van der Waals surface area contributed by atoms with E-state index in [1.807, 2.05) is 36.1 Å². The van der Waals surface area contributed by atoms with Gasteiger partial charge in [0.2, 0.25) is 5.88 Å². The zero-order valence-corrected chi connectivity index (χ0v) is 15.2. The predicted octanol–water partition coefficient (Wildman–Crippen LogP) is 4.68. The first-order chi connectivity index (χ1) is 12.2. The van der Waals surface area contributed by atoms with Crippen LogP contribution in [0.3, 0.4) is 0 Å². The molecule has 0 spiro atoms. The lowest BCUT2D eigenvalue weighted by molar-refractivity contribution is -0.139. The second-order valence-corrected chi connectivity index (χ2v) is 6.06. The lowest BCUT2D eigenvalue weighted by Crippen LogP contribution is -2.23. The van der Waals surface area contributed by atoms with Gasteiger partial charge in [-0.15, -0.1) is 0 Å². The Balaban J connectivity index is 1.95. The minimum atomic E-state index is -0.236. The van der Waals surface area contributed by atoms with E-state index in [9.17, 15) is 4.79 Å². The molecule has 1 aromatic carbocycles. The van der Waals surface area contributed by atoms with Crippen LogP contribution in [-0.4, -0.2) is 25.3 Å². The minimum Gasteiger partial charge on any atom is -0.494 e. The molecule has 0 bridgehead atoms. The summed E-state index contributed by atoms with van der Waals surface area (Å²) < 4.78 is 11.1. The Bertz CT molecular complexity index is 611. The maximum absolute atomic E-state index is 11.8. The van der Waals surface area contributed by atoms with E-state index >= 15 is 0 Å². The van der Waals surface area contributed by atoms with Gasteiger partial charge in [0.05, 0.1) is 19.4 Å². The summed E-state index contributed by atoms with van der Waals surface area (Å²) in [5.74, 6) is 0.952. The van der Waals surface area contributed by atoms with Gasteiger partial charge in [-0.1, -0.05) is 39.2 Å². The van der Waals surface area contributed by atoms with Crippen LogP contribution in [0.25, 0.3) is 0 Å². The van der Waals surface area contributed by atoms with E-state index in [0.717, 1.165) is 37.3 Å². The molecule has 0 amide bonds. The number of hydrogen-bond acceptors (Lipinski definition) is 5. The molecular formula is C20H28N2O3. The third kappa shape index (κ3) is 6.61. The van der Waals surface area contributed by atoms with Gasteiger partial charge in [-0.05, 0) is 25.0 Å². The van der Waals surface area contributed by atoms with Crippen LogP contribution in [0.5, 0.6) is 5.75 Å². The Kier molecular flexibility index (Phi) is 8.02. The molecule has 1 aliphatic rings. The van der Waals surface area contributed by atoms with E-state index in [4.69, 9.17) is 9.47 Å². The van der Waals surface area contributed by atoms with Crippen LogP contribution in [0.1, 0.15) is 52.4 Å². The lowest BCUT2D eigenvalue weighted by atomic mass is 10.2. The smallest absolute Gasteiger partial charge is 0.312 e. The molecule has 1 heterocycles. The van der Waals surface area contributed by atoms with Crippen LogP contribution in [0.15, 0.2) is 41.3 Å². The summed E-state index contributed by atoms with van der Waals surface area (Å²) in [6.07, 6.45) is 9.15. The van der Waals surface area contributed by atoms with Crippen molar-refractivity contribution in [1.82, 2.24) is 0 Å². The average Bonchev–Trinajstić information content (AvgIpc) is 2.64. The van der Waals surface area contributed by atoms with Crippen molar-refractivity contribution in [3.8, 4) is 5.75 Å². The number of nitrogens with zero attached hydrogens (tertiary/aromatic N) is 2. The monoisotopic (exact) mass is 344 g/mol. The molecule has 0 atom stereocenters. The van der Waals surface area contributed by atoms with Gasteiger partial charge < -0.3 is 14.4 Å². The van der Waals surface area contributed by atoms with Crippen LogP contribution >= 0.6 is 0 Å². The van der Waals surface area contributed by atoms with E-state index in [-0.39, 0.29) is 5.97 Å². The number of carbonyl (C=O) groups is 1. The number of benzene rings is 1. The molecule has 0 fully saturated rings. The molecule has 5 nitrogen and oxygen atoms in total. The first-order valence-electron chi connectivity index (χ1n) is 9.17. The van der Waals surface area contributed by atoms with E-state index in [0.29, 0.717) is 18.8 Å². The highest BCUT2D eigenvalue weighted by atomic mass is 16.5. The number of ether oxygens (including phenoxy) is 2. The SMILES string of the molecule is CCCCCOc1cccc(N2C=C(OC(=O)CCCC)N=CC2)c1. The highest BCUT2D eigenvalue weighted by molar-refractivity contribution is 5.74. The topological polar surface area (TPSA) is 51.1 Å². The summed E-state index contributed by atoms with van der Waals surface area (Å²) in [6.45, 7) is 5.59. The van der Waals surface area contributed by atoms with E-state index in [1.54, 1.807) is 12.4 Å². The van der Waals surface area contributed by atoms with Crippen LogP contribution in [0, 0.1) is 0 Å². The molecule has 0 unspecified atom stereocenters. The fraction of sp³-hybridized carbons (Fsp3) is 0.500. The highest BCUT2D eigenvalue weighted by Gasteiger charge is 2.13. The maximum Gasteiger partial charge on any atom is 0.312 e. The molecule has 0 aliphatic carbocycles. The minimum absolute atomic E-state index is 0.236. The molecule has 0 N–H and O–H groups in total. The Morgan fingerprint density at radius 1 is 1.20 bits per heavy atom. The molecule has 0 aromatic heterocycles. The van der Waals surface area contributed by atoms with Crippen LogP contribution < -0.4 is 9.64 Å². The van der Waals surface area contributed by atoms with Gasteiger partial charge >= 0.3 is 5.97 Å².